The minimum Gasteiger partial charge on any atom is -0.353 e. The van der Waals surface area contributed by atoms with E-state index in [1.165, 1.54) is 37.9 Å². The monoisotopic (exact) mass is 270 g/mol. The van der Waals surface area contributed by atoms with Crippen LogP contribution in [0.15, 0.2) is 0 Å². The van der Waals surface area contributed by atoms with Crippen LogP contribution in [0.5, 0.6) is 0 Å². The molecule has 1 saturated heterocycles. The van der Waals surface area contributed by atoms with Crippen LogP contribution in [-0.2, 0) is 4.79 Å². The van der Waals surface area contributed by atoms with Gasteiger partial charge in [0.15, 0.2) is 0 Å². The van der Waals surface area contributed by atoms with E-state index in [4.69, 9.17) is 0 Å². The van der Waals surface area contributed by atoms with E-state index in [1.807, 2.05) is 11.8 Å². The molecule has 2 atom stereocenters. The Labute approximate surface area is 115 Å². The van der Waals surface area contributed by atoms with E-state index in [-0.39, 0.29) is 5.91 Å². The summed E-state index contributed by atoms with van der Waals surface area (Å²) in [5.41, 5.74) is 0. The number of hydrogen-bond acceptors (Lipinski definition) is 3. The Morgan fingerprint density at radius 3 is 2.83 bits per heavy atom. The molecule has 0 spiro atoms. The first-order valence-corrected chi connectivity index (χ1v) is 8.51. The number of nitrogens with one attached hydrogen (secondary N) is 2. The summed E-state index contributed by atoms with van der Waals surface area (Å²) in [5.74, 6) is 3.19. The van der Waals surface area contributed by atoms with Gasteiger partial charge < -0.3 is 10.6 Å². The zero-order valence-electron chi connectivity index (χ0n) is 11.4. The molecular formula is C14H26N2OS. The van der Waals surface area contributed by atoms with Crippen LogP contribution in [-0.4, -0.2) is 36.0 Å². The summed E-state index contributed by atoms with van der Waals surface area (Å²) >= 11 is 1.95. The molecule has 2 fully saturated rings. The Hall–Kier alpha value is -0.220. The number of amides is 1. The fourth-order valence-corrected chi connectivity index (χ4v) is 3.99. The third kappa shape index (κ3) is 4.47. The smallest absolute Gasteiger partial charge is 0.221 e. The van der Waals surface area contributed by atoms with Crippen LogP contribution < -0.4 is 10.6 Å². The molecule has 1 saturated carbocycles. The standard InChI is InChI=1S/C14H26N2OS/c1-11(12-5-3-2-4-6-12)16-14(17)9-13-10-18-8-7-15-13/h11-13,15H,2-10H2,1H3,(H,16,17)/t11-,13?/m1/s1. The topological polar surface area (TPSA) is 41.1 Å². The first-order valence-electron chi connectivity index (χ1n) is 7.36. The van der Waals surface area contributed by atoms with Crippen molar-refractivity contribution in [1.82, 2.24) is 10.6 Å². The normalized spacial score (nSPS) is 27.7. The Morgan fingerprint density at radius 2 is 2.17 bits per heavy atom. The molecule has 104 valence electrons. The molecule has 18 heavy (non-hydrogen) atoms. The van der Waals surface area contributed by atoms with Gasteiger partial charge in [-0.1, -0.05) is 19.3 Å². The number of carbonyl (C=O) groups is 1. The van der Waals surface area contributed by atoms with Gasteiger partial charge in [-0.2, -0.15) is 11.8 Å². The second-order valence-electron chi connectivity index (χ2n) is 5.68. The van der Waals surface area contributed by atoms with Crippen LogP contribution in [0, 0.1) is 5.92 Å². The number of rotatable bonds is 4. The Kier molecular flexibility index (Phi) is 5.83. The Morgan fingerprint density at radius 1 is 1.39 bits per heavy atom. The summed E-state index contributed by atoms with van der Waals surface area (Å²) in [4.78, 5) is 12.0. The molecule has 2 N–H and O–H groups in total. The molecule has 0 radical (unpaired) electrons. The zero-order valence-corrected chi connectivity index (χ0v) is 12.2. The minimum atomic E-state index is 0.230. The van der Waals surface area contributed by atoms with Crippen molar-refractivity contribution < 1.29 is 4.79 Å². The van der Waals surface area contributed by atoms with Crippen LogP contribution in [0.3, 0.4) is 0 Å². The molecule has 0 aromatic heterocycles. The Bertz CT molecular complexity index is 261. The second-order valence-corrected chi connectivity index (χ2v) is 6.83. The molecular weight excluding hydrogens is 244 g/mol. The van der Waals surface area contributed by atoms with E-state index in [9.17, 15) is 4.79 Å². The van der Waals surface area contributed by atoms with Crippen molar-refractivity contribution in [3.63, 3.8) is 0 Å². The average Bonchev–Trinajstić information content (AvgIpc) is 2.40. The van der Waals surface area contributed by atoms with Crippen molar-refractivity contribution in [2.45, 2.75) is 57.5 Å². The third-order valence-corrected chi connectivity index (χ3v) is 5.31. The van der Waals surface area contributed by atoms with Crippen LogP contribution in [0.2, 0.25) is 0 Å². The summed E-state index contributed by atoms with van der Waals surface area (Å²) in [7, 11) is 0. The highest BCUT2D eigenvalue weighted by Crippen LogP contribution is 2.26. The largest absolute Gasteiger partial charge is 0.353 e. The maximum atomic E-state index is 12.0. The minimum absolute atomic E-state index is 0.230. The first-order chi connectivity index (χ1) is 8.75. The molecule has 2 aliphatic rings. The summed E-state index contributed by atoms with van der Waals surface area (Å²) in [5, 5.41) is 6.63. The highest BCUT2D eigenvalue weighted by atomic mass is 32.2. The van der Waals surface area contributed by atoms with E-state index >= 15 is 0 Å². The van der Waals surface area contributed by atoms with Gasteiger partial charge in [0.05, 0.1) is 0 Å². The fraction of sp³-hybridized carbons (Fsp3) is 0.929. The number of hydrogen-bond donors (Lipinski definition) is 2. The van der Waals surface area contributed by atoms with Crippen molar-refractivity contribution in [2.75, 3.05) is 18.1 Å². The van der Waals surface area contributed by atoms with E-state index in [0.29, 0.717) is 24.4 Å². The summed E-state index contributed by atoms with van der Waals surface area (Å²) in [6, 6.07) is 0.733. The van der Waals surface area contributed by atoms with E-state index < -0.39 is 0 Å². The van der Waals surface area contributed by atoms with Gasteiger partial charge in [0.2, 0.25) is 5.91 Å². The van der Waals surface area contributed by atoms with Crippen molar-refractivity contribution in [1.29, 1.82) is 0 Å². The molecule has 3 nitrogen and oxygen atoms in total. The van der Waals surface area contributed by atoms with Gasteiger partial charge in [0.25, 0.3) is 0 Å². The van der Waals surface area contributed by atoms with Crippen molar-refractivity contribution in [2.24, 2.45) is 5.92 Å². The zero-order chi connectivity index (χ0) is 12.8. The number of carbonyl (C=O) groups excluding carboxylic acids is 1. The molecule has 2 rings (SSSR count). The van der Waals surface area contributed by atoms with Crippen molar-refractivity contribution in [3.05, 3.63) is 0 Å². The first kappa shape index (κ1) is 14.2. The maximum absolute atomic E-state index is 12.0. The van der Waals surface area contributed by atoms with Gasteiger partial charge in [0.1, 0.15) is 0 Å². The molecule has 0 bridgehead atoms. The van der Waals surface area contributed by atoms with Crippen LogP contribution in [0.4, 0.5) is 0 Å². The lowest BCUT2D eigenvalue weighted by Crippen LogP contribution is -2.44. The van der Waals surface area contributed by atoms with Gasteiger partial charge in [-0.05, 0) is 25.7 Å². The molecule has 0 aromatic rings. The lowest BCUT2D eigenvalue weighted by molar-refractivity contribution is -0.122. The fourth-order valence-electron chi connectivity index (χ4n) is 3.04. The summed E-state index contributed by atoms with van der Waals surface area (Å²) in [6.45, 7) is 3.22. The van der Waals surface area contributed by atoms with Gasteiger partial charge in [-0.15, -0.1) is 0 Å². The highest BCUT2D eigenvalue weighted by Gasteiger charge is 2.23. The average molecular weight is 270 g/mol. The summed E-state index contributed by atoms with van der Waals surface area (Å²) < 4.78 is 0. The molecule has 1 unspecified atom stereocenters. The quantitative estimate of drug-likeness (QED) is 0.822. The predicted octanol–water partition coefficient (Wildman–Crippen LogP) is 2.17. The van der Waals surface area contributed by atoms with Gasteiger partial charge in [-0.25, -0.2) is 0 Å². The van der Waals surface area contributed by atoms with E-state index in [1.54, 1.807) is 0 Å². The van der Waals surface area contributed by atoms with Crippen molar-refractivity contribution >= 4 is 17.7 Å². The van der Waals surface area contributed by atoms with E-state index in [2.05, 4.69) is 17.6 Å². The lowest BCUT2D eigenvalue weighted by atomic mass is 9.84. The molecule has 4 heteroatoms. The SMILES string of the molecule is C[C@@H](NC(=O)CC1CSCCN1)C1CCCCC1. The van der Waals surface area contributed by atoms with Gasteiger partial charge in [0, 0.05) is 36.6 Å². The van der Waals surface area contributed by atoms with Crippen LogP contribution in [0.1, 0.15) is 45.4 Å². The second kappa shape index (κ2) is 7.39. The predicted molar refractivity (Wildman–Crippen MR) is 77.9 cm³/mol. The van der Waals surface area contributed by atoms with Crippen LogP contribution in [0.25, 0.3) is 0 Å². The van der Waals surface area contributed by atoms with Crippen molar-refractivity contribution in [3.8, 4) is 0 Å². The number of thioether (sulfide) groups is 1. The molecule has 0 aromatic carbocycles. The van der Waals surface area contributed by atoms with Gasteiger partial charge in [-0.3, -0.25) is 4.79 Å². The molecule has 1 amide bonds. The lowest BCUT2D eigenvalue weighted by Gasteiger charge is -2.29. The third-order valence-electron chi connectivity index (χ3n) is 4.18. The highest BCUT2D eigenvalue weighted by molar-refractivity contribution is 7.99. The molecule has 1 aliphatic carbocycles. The van der Waals surface area contributed by atoms with E-state index in [0.717, 1.165) is 12.3 Å². The Balaban J connectivity index is 1.68. The molecule has 1 heterocycles. The maximum Gasteiger partial charge on any atom is 0.221 e. The summed E-state index contributed by atoms with van der Waals surface area (Å²) in [6.07, 6.45) is 7.28. The van der Waals surface area contributed by atoms with Gasteiger partial charge >= 0.3 is 0 Å². The van der Waals surface area contributed by atoms with Crippen LogP contribution >= 0.6 is 11.8 Å². The molecule has 1 aliphatic heterocycles.